The van der Waals surface area contributed by atoms with E-state index in [-0.39, 0.29) is 16.7 Å². The Bertz CT molecular complexity index is 800. The van der Waals surface area contributed by atoms with Crippen molar-refractivity contribution in [3.63, 3.8) is 0 Å². The Kier molecular flexibility index (Phi) is 7.38. The summed E-state index contributed by atoms with van der Waals surface area (Å²) < 4.78 is 56.7. The fraction of sp³-hybridized carbons (Fsp3) is 0.455. The van der Waals surface area contributed by atoms with Crippen LogP contribution < -0.4 is 4.74 Å². The zero-order chi connectivity index (χ0) is 20.9. The maximum atomic E-state index is 14.6. The summed E-state index contributed by atoms with van der Waals surface area (Å²) in [7, 11) is 0. The molecule has 0 saturated heterocycles. The summed E-state index contributed by atoms with van der Waals surface area (Å²) in [6.45, 7) is 4.98. The smallest absolute Gasteiger partial charge is 0.422 e. The highest BCUT2D eigenvalue weighted by Crippen LogP contribution is 2.36. The third-order valence-corrected chi connectivity index (χ3v) is 4.86. The van der Waals surface area contributed by atoms with E-state index < -0.39 is 18.6 Å². The average Bonchev–Trinajstić information content (AvgIpc) is 2.60. The van der Waals surface area contributed by atoms with Crippen LogP contribution in [0, 0.1) is 11.2 Å². The third kappa shape index (κ3) is 6.40. The summed E-state index contributed by atoms with van der Waals surface area (Å²) in [4.78, 5) is 0. The van der Waals surface area contributed by atoms with Crippen LogP contribution in [-0.2, 0) is 12.3 Å². The largest absolute Gasteiger partial charge is 0.484 e. The molecule has 6 heteroatoms. The summed E-state index contributed by atoms with van der Waals surface area (Å²) in [6, 6.07) is 9.20. The fourth-order valence-electron chi connectivity index (χ4n) is 3.39. The highest BCUT2D eigenvalue weighted by molar-refractivity contribution is 6.17. The number of halogens is 5. The lowest BCUT2D eigenvalue weighted by atomic mass is 9.79. The summed E-state index contributed by atoms with van der Waals surface area (Å²) in [5.74, 6) is -0.194. The molecule has 2 aromatic carbocycles. The van der Waals surface area contributed by atoms with Gasteiger partial charge in [-0.15, -0.1) is 11.6 Å². The van der Waals surface area contributed by atoms with Crippen LogP contribution in [0.1, 0.15) is 44.7 Å². The molecule has 0 heterocycles. The monoisotopic (exact) mass is 416 g/mol. The molecule has 0 bridgehead atoms. The van der Waals surface area contributed by atoms with Gasteiger partial charge in [0.15, 0.2) is 6.61 Å². The zero-order valence-electron chi connectivity index (χ0n) is 16.3. The predicted octanol–water partition coefficient (Wildman–Crippen LogP) is 7.54. The molecule has 0 atom stereocenters. The molecule has 0 aliphatic carbocycles. The summed E-state index contributed by atoms with van der Waals surface area (Å²) in [5, 5.41) is 0. The van der Waals surface area contributed by atoms with Crippen molar-refractivity contribution in [1.29, 1.82) is 0 Å². The van der Waals surface area contributed by atoms with E-state index in [9.17, 15) is 17.6 Å². The maximum Gasteiger partial charge on any atom is 0.422 e. The average molecular weight is 417 g/mol. The molecular formula is C22H25ClF4O. The summed E-state index contributed by atoms with van der Waals surface area (Å²) in [6.07, 6.45) is -1.73. The van der Waals surface area contributed by atoms with Crippen molar-refractivity contribution in [3.8, 4) is 16.9 Å². The first-order valence-electron chi connectivity index (χ1n) is 9.22. The molecule has 1 nitrogen and oxygen atoms in total. The Labute approximate surface area is 168 Å². The molecule has 0 aliphatic rings. The molecular weight excluding hydrogens is 392 g/mol. The van der Waals surface area contributed by atoms with E-state index in [1.807, 2.05) is 6.07 Å². The van der Waals surface area contributed by atoms with Crippen molar-refractivity contribution < 1.29 is 22.3 Å². The first-order valence-corrected chi connectivity index (χ1v) is 9.75. The minimum atomic E-state index is -4.45. The maximum absolute atomic E-state index is 14.6. The lowest BCUT2D eigenvalue weighted by molar-refractivity contribution is -0.153. The molecule has 154 valence electrons. The molecule has 2 rings (SSSR count). The van der Waals surface area contributed by atoms with Crippen LogP contribution in [0.2, 0.25) is 0 Å². The van der Waals surface area contributed by atoms with Crippen LogP contribution in [0.5, 0.6) is 5.75 Å². The van der Waals surface area contributed by atoms with Gasteiger partial charge in [0.1, 0.15) is 11.6 Å². The van der Waals surface area contributed by atoms with E-state index in [1.54, 1.807) is 12.1 Å². The second-order valence-corrected chi connectivity index (χ2v) is 8.03. The Morgan fingerprint density at radius 3 is 2.32 bits per heavy atom. The fourth-order valence-corrected chi connectivity index (χ4v) is 3.55. The lowest BCUT2D eigenvalue weighted by Crippen LogP contribution is -2.19. The number of rotatable bonds is 8. The van der Waals surface area contributed by atoms with E-state index in [4.69, 9.17) is 16.3 Å². The molecule has 0 radical (unpaired) electrons. The van der Waals surface area contributed by atoms with Crippen LogP contribution in [-0.4, -0.2) is 12.8 Å². The molecule has 0 fully saturated rings. The van der Waals surface area contributed by atoms with Gasteiger partial charge in [-0.2, -0.15) is 13.2 Å². The number of ether oxygens (including phenoxy) is 1. The number of hydrogen-bond donors (Lipinski definition) is 0. The SMILES string of the molecule is CCCC(C)(C)Cc1cc(CCl)ccc1-c1cc(OCC(F)(F)F)ccc1F. The highest BCUT2D eigenvalue weighted by atomic mass is 35.5. The first kappa shape index (κ1) is 22.5. The van der Waals surface area contributed by atoms with E-state index >= 15 is 0 Å². The second kappa shape index (κ2) is 9.17. The molecule has 0 unspecified atom stereocenters. The van der Waals surface area contributed by atoms with Gasteiger partial charge in [0, 0.05) is 11.4 Å². The van der Waals surface area contributed by atoms with Gasteiger partial charge in [0.2, 0.25) is 0 Å². The molecule has 0 saturated carbocycles. The third-order valence-electron chi connectivity index (χ3n) is 4.55. The number of hydrogen-bond acceptors (Lipinski definition) is 1. The Morgan fingerprint density at radius 1 is 1.00 bits per heavy atom. The van der Waals surface area contributed by atoms with Crippen molar-refractivity contribution in [2.45, 2.75) is 52.1 Å². The predicted molar refractivity (Wildman–Crippen MR) is 105 cm³/mol. The summed E-state index contributed by atoms with van der Waals surface area (Å²) in [5.41, 5.74) is 2.70. The molecule has 0 amide bonds. The van der Waals surface area contributed by atoms with Crippen molar-refractivity contribution >= 4 is 11.6 Å². The molecule has 0 spiro atoms. The van der Waals surface area contributed by atoms with Crippen molar-refractivity contribution in [3.05, 3.63) is 53.3 Å². The minimum Gasteiger partial charge on any atom is -0.484 e. The van der Waals surface area contributed by atoms with Crippen LogP contribution in [0.4, 0.5) is 17.6 Å². The Morgan fingerprint density at radius 2 is 1.71 bits per heavy atom. The van der Waals surface area contributed by atoms with Gasteiger partial charge in [-0.1, -0.05) is 45.4 Å². The van der Waals surface area contributed by atoms with Crippen molar-refractivity contribution in [2.24, 2.45) is 5.41 Å². The van der Waals surface area contributed by atoms with Gasteiger partial charge in [-0.05, 0) is 53.1 Å². The standard InChI is InChI=1S/C22H25ClF4O/c1-4-9-21(2,3)12-16-10-15(13-23)5-7-18(16)19-11-17(6-8-20(19)24)28-14-22(25,26)27/h5-8,10-11H,4,9,12-14H2,1-3H3. The Balaban J connectivity index is 2.45. The quantitative estimate of drug-likeness (QED) is 0.319. The Hall–Kier alpha value is -1.75. The van der Waals surface area contributed by atoms with Gasteiger partial charge in [0.25, 0.3) is 0 Å². The van der Waals surface area contributed by atoms with Gasteiger partial charge in [-0.25, -0.2) is 4.39 Å². The molecule has 0 aromatic heterocycles. The van der Waals surface area contributed by atoms with Crippen LogP contribution in [0.15, 0.2) is 36.4 Å². The van der Waals surface area contributed by atoms with Crippen molar-refractivity contribution in [2.75, 3.05) is 6.61 Å². The molecule has 2 aromatic rings. The first-order chi connectivity index (χ1) is 13.0. The zero-order valence-corrected chi connectivity index (χ0v) is 17.1. The van der Waals surface area contributed by atoms with Gasteiger partial charge < -0.3 is 4.74 Å². The van der Waals surface area contributed by atoms with E-state index in [1.165, 1.54) is 12.1 Å². The van der Waals surface area contributed by atoms with Gasteiger partial charge in [0.05, 0.1) is 0 Å². The van der Waals surface area contributed by atoms with Gasteiger partial charge in [-0.3, -0.25) is 0 Å². The molecule has 0 aliphatic heterocycles. The molecule has 0 N–H and O–H groups in total. The minimum absolute atomic E-state index is 0.00466. The van der Waals surface area contributed by atoms with Gasteiger partial charge >= 0.3 is 6.18 Å². The second-order valence-electron chi connectivity index (χ2n) is 7.76. The van der Waals surface area contributed by atoms with E-state index in [2.05, 4.69) is 20.8 Å². The van der Waals surface area contributed by atoms with E-state index in [0.29, 0.717) is 17.9 Å². The van der Waals surface area contributed by atoms with Crippen LogP contribution >= 0.6 is 11.6 Å². The van der Waals surface area contributed by atoms with Crippen LogP contribution in [0.3, 0.4) is 0 Å². The normalized spacial score (nSPS) is 12.3. The number of benzene rings is 2. The lowest BCUT2D eigenvalue weighted by Gasteiger charge is -2.26. The highest BCUT2D eigenvalue weighted by Gasteiger charge is 2.28. The van der Waals surface area contributed by atoms with Crippen molar-refractivity contribution in [1.82, 2.24) is 0 Å². The number of alkyl halides is 4. The molecule has 28 heavy (non-hydrogen) atoms. The van der Waals surface area contributed by atoms with E-state index in [0.717, 1.165) is 30.0 Å². The summed E-state index contributed by atoms with van der Waals surface area (Å²) >= 11 is 5.97. The topological polar surface area (TPSA) is 9.23 Å². The van der Waals surface area contributed by atoms with Crippen LogP contribution in [0.25, 0.3) is 11.1 Å².